The van der Waals surface area contributed by atoms with E-state index in [0.717, 1.165) is 11.0 Å². The number of furan rings is 2. The van der Waals surface area contributed by atoms with Gasteiger partial charge >= 0.3 is 0 Å². The summed E-state index contributed by atoms with van der Waals surface area (Å²) in [5.41, 5.74) is 1.21. The Bertz CT molecular complexity index is 697. The van der Waals surface area contributed by atoms with Crippen molar-refractivity contribution in [3.05, 3.63) is 60.2 Å². The molecule has 21 heavy (non-hydrogen) atoms. The maximum absolute atomic E-state index is 11.7. The number of carbonyl (C=O) groups excluding carboxylic acids is 1. The van der Waals surface area contributed by atoms with Crippen LogP contribution in [0.25, 0.3) is 11.0 Å². The molecule has 0 unspecified atom stereocenters. The number of fused-ring (bicyclic) bond motifs is 1. The first-order valence-corrected chi connectivity index (χ1v) is 6.71. The number of hydrogen-bond acceptors (Lipinski definition) is 4. The number of aliphatic hydroxyl groups is 1. The van der Waals surface area contributed by atoms with Crippen molar-refractivity contribution in [2.45, 2.75) is 12.5 Å². The Morgan fingerprint density at radius 1 is 1.29 bits per heavy atom. The first-order chi connectivity index (χ1) is 10.2. The molecule has 0 saturated carbocycles. The lowest BCUT2D eigenvalue weighted by Gasteiger charge is -2.08. The van der Waals surface area contributed by atoms with Crippen LogP contribution in [-0.2, 0) is 0 Å². The van der Waals surface area contributed by atoms with Crippen LogP contribution < -0.4 is 5.32 Å². The lowest BCUT2D eigenvalue weighted by Crippen LogP contribution is -2.25. The number of rotatable bonds is 5. The molecule has 3 rings (SSSR count). The monoisotopic (exact) mass is 285 g/mol. The van der Waals surface area contributed by atoms with E-state index >= 15 is 0 Å². The van der Waals surface area contributed by atoms with Gasteiger partial charge in [0, 0.05) is 11.9 Å². The molecule has 1 amide bonds. The van der Waals surface area contributed by atoms with E-state index in [2.05, 4.69) is 5.32 Å². The Hall–Kier alpha value is -2.53. The summed E-state index contributed by atoms with van der Waals surface area (Å²) in [5, 5.41) is 13.8. The fraction of sp³-hybridized carbons (Fsp3) is 0.188. The molecule has 0 aliphatic rings. The Kier molecular flexibility index (Phi) is 3.75. The zero-order valence-corrected chi connectivity index (χ0v) is 11.3. The highest BCUT2D eigenvalue weighted by Gasteiger charge is 2.14. The predicted octanol–water partition coefficient (Wildman–Crippen LogP) is 2.88. The summed E-state index contributed by atoms with van der Waals surface area (Å²) in [4.78, 5) is 11.7. The summed E-state index contributed by atoms with van der Waals surface area (Å²) in [6, 6.07) is 11.0. The third kappa shape index (κ3) is 2.98. The molecule has 108 valence electrons. The molecule has 0 spiro atoms. The highest BCUT2D eigenvalue weighted by atomic mass is 16.4. The molecule has 0 saturated heterocycles. The van der Waals surface area contributed by atoms with Gasteiger partial charge in [-0.1, -0.05) is 18.2 Å². The summed E-state index contributed by atoms with van der Waals surface area (Å²) in [5.74, 6) is 0.286. The summed E-state index contributed by atoms with van der Waals surface area (Å²) in [6.45, 7) is 0.349. The Balaban J connectivity index is 1.56. The van der Waals surface area contributed by atoms with E-state index in [-0.39, 0.29) is 5.91 Å². The van der Waals surface area contributed by atoms with Gasteiger partial charge in [-0.25, -0.2) is 0 Å². The van der Waals surface area contributed by atoms with Crippen LogP contribution in [0, 0.1) is 0 Å². The maximum atomic E-state index is 11.7. The fourth-order valence-electron chi connectivity index (χ4n) is 2.13. The van der Waals surface area contributed by atoms with Crippen LogP contribution in [0.1, 0.15) is 28.6 Å². The lowest BCUT2D eigenvalue weighted by molar-refractivity contribution is 0.0936. The van der Waals surface area contributed by atoms with Gasteiger partial charge in [0.05, 0.1) is 11.8 Å². The van der Waals surface area contributed by atoms with Crippen LogP contribution >= 0.6 is 0 Å². The molecule has 2 heterocycles. The minimum atomic E-state index is -0.748. The number of amides is 1. The zero-order valence-electron chi connectivity index (χ0n) is 11.3. The number of benzene rings is 1. The molecular formula is C16H15NO4. The predicted molar refractivity (Wildman–Crippen MR) is 76.8 cm³/mol. The molecule has 2 aromatic heterocycles. The van der Waals surface area contributed by atoms with Gasteiger partial charge in [0.15, 0.2) is 0 Å². The van der Waals surface area contributed by atoms with Gasteiger partial charge in [0.2, 0.25) is 0 Å². The first kappa shape index (κ1) is 13.5. The summed E-state index contributed by atoms with van der Waals surface area (Å²) in [6.07, 6.45) is 2.45. The van der Waals surface area contributed by atoms with E-state index < -0.39 is 6.10 Å². The van der Waals surface area contributed by atoms with Crippen molar-refractivity contribution in [3.63, 3.8) is 0 Å². The van der Waals surface area contributed by atoms with Crippen LogP contribution in [0.15, 0.2) is 57.8 Å². The van der Waals surface area contributed by atoms with Crippen molar-refractivity contribution in [1.29, 1.82) is 0 Å². The van der Waals surface area contributed by atoms with Gasteiger partial charge in [0.1, 0.15) is 23.7 Å². The number of aliphatic hydroxyl groups excluding tert-OH is 1. The molecule has 0 fully saturated rings. The normalized spacial score (nSPS) is 12.4. The van der Waals surface area contributed by atoms with Crippen LogP contribution in [0.4, 0.5) is 0 Å². The third-order valence-electron chi connectivity index (χ3n) is 3.26. The van der Waals surface area contributed by atoms with Gasteiger partial charge in [-0.15, -0.1) is 0 Å². The number of carbonyl (C=O) groups is 1. The summed E-state index contributed by atoms with van der Waals surface area (Å²) >= 11 is 0. The minimum Gasteiger partial charge on any atom is -0.472 e. The largest absolute Gasteiger partial charge is 0.472 e. The van der Waals surface area contributed by atoms with Crippen LogP contribution in [-0.4, -0.2) is 17.6 Å². The number of hydrogen-bond donors (Lipinski definition) is 2. The van der Waals surface area contributed by atoms with Crippen LogP contribution in [0.2, 0.25) is 0 Å². The molecule has 3 aromatic rings. The Morgan fingerprint density at radius 2 is 2.14 bits per heavy atom. The van der Waals surface area contributed by atoms with Crippen molar-refractivity contribution in [2.75, 3.05) is 6.54 Å². The van der Waals surface area contributed by atoms with E-state index in [0.29, 0.717) is 24.3 Å². The van der Waals surface area contributed by atoms with Crippen molar-refractivity contribution < 1.29 is 18.7 Å². The Morgan fingerprint density at radius 3 is 2.90 bits per heavy atom. The highest BCUT2D eigenvalue weighted by molar-refractivity contribution is 5.93. The second-order valence-electron chi connectivity index (χ2n) is 4.76. The van der Waals surface area contributed by atoms with Gasteiger partial charge in [-0.2, -0.15) is 0 Å². The second kappa shape index (κ2) is 5.85. The molecule has 1 aromatic carbocycles. The summed E-state index contributed by atoms with van der Waals surface area (Å²) in [7, 11) is 0. The molecule has 0 radical (unpaired) electrons. The van der Waals surface area contributed by atoms with Crippen LogP contribution in [0.3, 0.4) is 0 Å². The standard InChI is InChI=1S/C16H15NO4/c18-13(5-7-17-16(19)12-6-8-20-10-12)15-9-11-3-1-2-4-14(11)21-15/h1-4,6,8-10,13,18H,5,7H2,(H,17,19)/t13-/m0/s1. The molecule has 0 aliphatic heterocycles. The third-order valence-corrected chi connectivity index (χ3v) is 3.26. The average molecular weight is 285 g/mol. The molecule has 0 aliphatic carbocycles. The molecular weight excluding hydrogens is 270 g/mol. The molecule has 5 heteroatoms. The van der Waals surface area contributed by atoms with E-state index in [1.165, 1.54) is 12.5 Å². The molecule has 0 bridgehead atoms. The first-order valence-electron chi connectivity index (χ1n) is 6.71. The van der Waals surface area contributed by atoms with Crippen LogP contribution in [0.5, 0.6) is 0 Å². The van der Waals surface area contributed by atoms with E-state index in [1.807, 2.05) is 30.3 Å². The number of nitrogens with one attached hydrogen (secondary N) is 1. The molecule has 2 N–H and O–H groups in total. The van der Waals surface area contributed by atoms with Crippen molar-refractivity contribution >= 4 is 16.9 Å². The zero-order chi connectivity index (χ0) is 14.7. The SMILES string of the molecule is O=C(NCC[C@H](O)c1cc2ccccc2o1)c1ccoc1. The maximum Gasteiger partial charge on any atom is 0.254 e. The Labute approximate surface area is 121 Å². The second-order valence-corrected chi connectivity index (χ2v) is 4.76. The molecule has 1 atom stereocenters. The quantitative estimate of drug-likeness (QED) is 0.755. The van der Waals surface area contributed by atoms with Gasteiger partial charge in [-0.3, -0.25) is 4.79 Å². The smallest absolute Gasteiger partial charge is 0.254 e. The summed E-state index contributed by atoms with van der Waals surface area (Å²) < 4.78 is 10.4. The van der Waals surface area contributed by atoms with Gasteiger partial charge < -0.3 is 19.3 Å². The number of para-hydroxylation sites is 1. The topological polar surface area (TPSA) is 75.6 Å². The highest BCUT2D eigenvalue weighted by Crippen LogP contribution is 2.25. The van der Waals surface area contributed by atoms with Gasteiger partial charge in [-0.05, 0) is 24.6 Å². The minimum absolute atomic E-state index is 0.222. The van der Waals surface area contributed by atoms with Gasteiger partial charge in [0.25, 0.3) is 5.91 Å². The fourth-order valence-corrected chi connectivity index (χ4v) is 2.13. The average Bonchev–Trinajstić information content (AvgIpc) is 3.16. The van der Waals surface area contributed by atoms with E-state index in [4.69, 9.17) is 8.83 Å². The lowest BCUT2D eigenvalue weighted by atomic mass is 10.2. The van der Waals surface area contributed by atoms with Crippen molar-refractivity contribution in [3.8, 4) is 0 Å². The van der Waals surface area contributed by atoms with Crippen molar-refractivity contribution in [1.82, 2.24) is 5.32 Å². The molecule has 5 nitrogen and oxygen atoms in total. The van der Waals surface area contributed by atoms with Crippen molar-refractivity contribution in [2.24, 2.45) is 0 Å². The van der Waals surface area contributed by atoms with E-state index in [9.17, 15) is 9.90 Å². The van der Waals surface area contributed by atoms with E-state index in [1.54, 1.807) is 6.07 Å².